The van der Waals surface area contributed by atoms with Crippen molar-refractivity contribution in [1.82, 2.24) is 10.2 Å². The van der Waals surface area contributed by atoms with Gasteiger partial charge in [-0.3, -0.25) is 15.5 Å². The molecule has 0 radical (unpaired) electrons. The van der Waals surface area contributed by atoms with E-state index in [0.29, 0.717) is 19.3 Å². The van der Waals surface area contributed by atoms with Crippen LogP contribution in [0.1, 0.15) is 57.9 Å². The van der Waals surface area contributed by atoms with Gasteiger partial charge in [-0.25, -0.2) is 9.59 Å². The molecule has 1 amide bonds. The minimum absolute atomic E-state index is 0.341. The zero-order chi connectivity index (χ0) is 22.7. The molecule has 3 atom stereocenters. The SMILES string of the molecule is CCCCC(C(=O)O)N(C)C(=N)NC(=O)OC(C)OC(=O)C(CC)c1ccccc1. The summed E-state index contributed by atoms with van der Waals surface area (Å²) in [6.45, 7) is 5.18. The molecule has 1 rings (SSSR count). The Balaban J connectivity index is 2.59. The van der Waals surface area contributed by atoms with Gasteiger partial charge in [0.15, 0.2) is 0 Å². The summed E-state index contributed by atoms with van der Waals surface area (Å²) in [5, 5.41) is 19.4. The van der Waals surface area contributed by atoms with Crippen molar-refractivity contribution in [2.75, 3.05) is 7.05 Å². The second-order valence-electron chi connectivity index (χ2n) is 6.86. The average Bonchev–Trinajstić information content (AvgIpc) is 2.68. The molecule has 0 fully saturated rings. The normalized spacial score (nSPS) is 13.5. The predicted octanol–water partition coefficient (Wildman–Crippen LogP) is 3.31. The lowest BCUT2D eigenvalue weighted by molar-refractivity contribution is -0.166. The van der Waals surface area contributed by atoms with E-state index in [-0.39, 0.29) is 0 Å². The molecule has 0 aliphatic rings. The molecular formula is C21H31N3O6. The number of carbonyl (C=O) groups excluding carboxylic acids is 2. The summed E-state index contributed by atoms with van der Waals surface area (Å²) >= 11 is 0. The number of rotatable bonds is 10. The average molecular weight is 421 g/mol. The van der Waals surface area contributed by atoms with Crippen molar-refractivity contribution in [2.45, 2.75) is 64.7 Å². The van der Waals surface area contributed by atoms with Gasteiger partial charge < -0.3 is 19.5 Å². The molecule has 3 N–H and O–H groups in total. The van der Waals surface area contributed by atoms with E-state index in [1.807, 2.05) is 44.2 Å². The minimum atomic E-state index is -1.18. The summed E-state index contributed by atoms with van der Waals surface area (Å²) in [5.74, 6) is -2.52. The number of likely N-dealkylation sites (N-methyl/N-ethyl adjacent to an activating group) is 1. The van der Waals surface area contributed by atoms with E-state index in [0.717, 1.165) is 16.9 Å². The fourth-order valence-electron chi connectivity index (χ4n) is 2.89. The molecule has 9 nitrogen and oxygen atoms in total. The molecule has 0 saturated heterocycles. The maximum Gasteiger partial charge on any atom is 0.417 e. The van der Waals surface area contributed by atoms with Gasteiger partial charge in [0, 0.05) is 14.0 Å². The van der Waals surface area contributed by atoms with Gasteiger partial charge in [-0.05, 0) is 18.4 Å². The zero-order valence-electron chi connectivity index (χ0n) is 17.9. The third-order valence-electron chi connectivity index (χ3n) is 4.61. The second kappa shape index (κ2) is 12.5. The Bertz CT molecular complexity index is 725. The van der Waals surface area contributed by atoms with Crippen molar-refractivity contribution in [3.8, 4) is 0 Å². The topological polar surface area (TPSA) is 129 Å². The Morgan fingerprint density at radius 1 is 1.17 bits per heavy atom. The molecule has 0 spiro atoms. The van der Waals surface area contributed by atoms with Crippen LogP contribution in [-0.2, 0) is 19.1 Å². The summed E-state index contributed by atoms with van der Waals surface area (Å²) in [7, 11) is 1.41. The molecule has 30 heavy (non-hydrogen) atoms. The quantitative estimate of drug-likeness (QED) is 0.229. The first kappa shape index (κ1) is 24.9. The Labute approximate surface area is 176 Å². The summed E-state index contributed by atoms with van der Waals surface area (Å²) in [4.78, 5) is 37.0. The highest BCUT2D eigenvalue weighted by atomic mass is 16.7. The molecule has 0 aromatic heterocycles. The van der Waals surface area contributed by atoms with Crippen LogP contribution in [0.15, 0.2) is 30.3 Å². The van der Waals surface area contributed by atoms with E-state index in [1.165, 1.54) is 14.0 Å². The number of guanidine groups is 1. The molecule has 9 heteroatoms. The number of nitrogens with zero attached hydrogens (tertiary/aromatic N) is 1. The highest BCUT2D eigenvalue weighted by Crippen LogP contribution is 2.21. The van der Waals surface area contributed by atoms with Gasteiger partial charge in [0.25, 0.3) is 0 Å². The largest absolute Gasteiger partial charge is 0.480 e. The van der Waals surface area contributed by atoms with Crippen molar-refractivity contribution in [1.29, 1.82) is 5.41 Å². The monoisotopic (exact) mass is 421 g/mol. The van der Waals surface area contributed by atoms with E-state index in [4.69, 9.17) is 14.9 Å². The molecule has 0 heterocycles. The van der Waals surface area contributed by atoms with Crippen LogP contribution in [0.2, 0.25) is 0 Å². The third-order valence-corrected chi connectivity index (χ3v) is 4.61. The number of hydrogen-bond donors (Lipinski definition) is 3. The van der Waals surface area contributed by atoms with Gasteiger partial charge in [0.1, 0.15) is 6.04 Å². The Morgan fingerprint density at radius 2 is 1.80 bits per heavy atom. The number of unbranched alkanes of at least 4 members (excludes halogenated alkanes) is 1. The first-order chi connectivity index (χ1) is 14.2. The number of ether oxygens (including phenoxy) is 2. The van der Waals surface area contributed by atoms with Crippen LogP contribution < -0.4 is 5.32 Å². The van der Waals surface area contributed by atoms with Gasteiger partial charge in [-0.2, -0.15) is 0 Å². The van der Waals surface area contributed by atoms with Crippen molar-refractivity contribution in [3.63, 3.8) is 0 Å². The predicted molar refractivity (Wildman–Crippen MR) is 111 cm³/mol. The van der Waals surface area contributed by atoms with Crippen molar-refractivity contribution < 1.29 is 29.0 Å². The van der Waals surface area contributed by atoms with E-state index in [1.54, 1.807) is 0 Å². The number of benzene rings is 1. The first-order valence-electron chi connectivity index (χ1n) is 9.98. The lowest BCUT2D eigenvalue weighted by atomic mass is 9.97. The smallest absolute Gasteiger partial charge is 0.417 e. The summed E-state index contributed by atoms with van der Waals surface area (Å²) in [5.41, 5.74) is 0.803. The van der Waals surface area contributed by atoms with Crippen molar-refractivity contribution in [2.24, 2.45) is 0 Å². The van der Waals surface area contributed by atoms with Crippen LogP contribution in [0.3, 0.4) is 0 Å². The van der Waals surface area contributed by atoms with Crippen molar-refractivity contribution >= 4 is 24.0 Å². The van der Waals surface area contributed by atoms with Crippen LogP contribution in [0, 0.1) is 5.41 Å². The summed E-state index contributed by atoms with van der Waals surface area (Å²) < 4.78 is 10.2. The number of nitrogens with one attached hydrogen (secondary N) is 2. The molecule has 0 aliphatic heterocycles. The maximum absolute atomic E-state index is 12.4. The molecule has 1 aromatic rings. The molecule has 0 saturated carbocycles. The Kier molecular flexibility index (Phi) is 10.4. The van der Waals surface area contributed by atoms with E-state index < -0.39 is 42.2 Å². The van der Waals surface area contributed by atoms with Crippen LogP contribution in [0.5, 0.6) is 0 Å². The number of carboxylic acids is 1. The van der Waals surface area contributed by atoms with Crippen molar-refractivity contribution in [3.05, 3.63) is 35.9 Å². The molecule has 0 bridgehead atoms. The Hall–Kier alpha value is -3.10. The van der Waals surface area contributed by atoms with Gasteiger partial charge in [0.05, 0.1) is 5.92 Å². The fourth-order valence-corrected chi connectivity index (χ4v) is 2.89. The van der Waals surface area contributed by atoms with Crippen LogP contribution in [-0.4, -0.2) is 53.4 Å². The molecule has 3 unspecified atom stereocenters. The lowest BCUT2D eigenvalue weighted by Gasteiger charge is -2.27. The Morgan fingerprint density at radius 3 is 2.33 bits per heavy atom. The van der Waals surface area contributed by atoms with Gasteiger partial charge in [-0.1, -0.05) is 57.0 Å². The number of hydrogen-bond acceptors (Lipinski definition) is 6. The summed E-state index contributed by atoms with van der Waals surface area (Å²) in [6, 6.07) is 8.20. The van der Waals surface area contributed by atoms with Crippen LogP contribution in [0.25, 0.3) is 0 Å². The van der Waals surface area contributed by atoms with Crippen LogP contribution >= 0.6 is 0 Å². The molecule has 1 aromatic carbocycles. The van der Waals surface area contributed by atoms with E-state index in [2.05, 4.69) is 5.32 Å². The highest BCUT2D eigenvalue weighted by molar-refractivity contribution is 5.94. The maximum atomic E-state index is 12.4. The number of carboxylic acid groups (broad SMARTS) is 1. The van der Waals surface area contributed by atoms with Gasteiger partial charge in [-0.15, -0.1) is 0 Å². The van der Waals surface area contributed by atoms with Gasteiger partial charge >= 0.3 is 18.0 Å². The highest BCUT2D eigenvalue weighted by Gasteiger charge is 2.27. The first-order valence-corrected chi connectivity index (χ1v) is 9.98. The molecule has 0 aliphatic carbocycles. The number of amides is 1. The lowest BCUT2D eigenvalue weighted by Crippen LogP contribution is -2.49. The van der Waals surface area contributed by atoms with Crippen LogP contribution in [0.4, 0.5) is 4.79 Å². The van der Waals surface area contributed by atoms with Gasteiger partial charge in [0.2, 0.25) is 12.2 Å². The number of alkyl carbamates (subject to hydrolysis) is 1. The summed E-state index contributed by atoms with van der Waals surface area (Å²) in [6.07, 6.45) is 0.152. The fraction of sp³-hybridized carbons (Fsp3) is 0.524. The van der Waals surface area contributed by atoms with E-state index in [9.17, 15) is 19.5 Å². The third kappa shape index (κ3) is 7.73. The number of esters is 1. The number of aliphatic carboxylic acids is 1. The zero-order valence-corrected chi connectivity index (χ0v) is 17.9. The standard InChI is InChI=1S/C21H31N3O6/c1-5-7-13-17(18(25)26)24(4)20(22)23-21(28)30-14(3)29-19(27)16(6-2)15-11-9-8-10-12-15/h8-12,14,16-17H,5-7,13H2,1-4H3,(H,25,26)(H2,22,23,28). The number of carbonyl (C=O) groups is 3. The minimum Gasteiger partial charge on any atom is -0.480 e. The van der Waals surface area contributed by atoms with E-state index >= 15 is 0 Å². The molecular weight excluding hydrogens is 390 g/mol. The molecule has 166 valence electrons. The second-order valence-corrected chi connectivity index (χ2v) is 6.86.